The van der Waals surface area contributed by atoms with E-state index in [2.05, 4.69) is 43.8 Å². The van der Waals surface area contributed by atoms with Gasteiger partial charge in [0.2, 0.25) is 0 Å². The molecule has 2 nitrogen and oxygen atoms in total. The van der Waals surface area contributed by atoms with Crippen molar-refractivity contribution in [3.05, 3.63) is 0 Å². The standard InChI is InChI=1S/2C5H12N.HI.Nd/c2*1-5(2)4-6-3;;/h2*5H,4H2,1-3H3;1H;/q2*-1;;+3/p-1. The van der Waals surface area contributed by atoms with Gasteiger partial charge in [0.1, 0.15) is 0 Å². The summed E-state index contributed by atoms with van der Waals surface area (Å²) in [5.41, 5.74) is 0. The Balaban J connectivity index is 0. The van der Waals surface area contributed by atoms with Gasteiger partial charge in [-0.1, -0.05) is 0 Å². The van der Waals surface area contributed by atoms with E-state index in [0.717, 1.165) is 11.8 Å². The summed E-state index contributed by atoms with van der Waals surface area (Å²) in [5.74, 6) is 1.62. The van der Waals surface area contributed by atoms with Crippen LogP contribution in [-0.4, -0.2) is 29.2 Å². The molecule has 14 heavy (non-hydrogen) atoms. The molecule has 0 aromatic carbocycles. The molecule has 0 saturated carbocycles. The van der Waals surface area contributed by atoms with Crippen molar-refractivity contribution in [1.82, 2.24) is 1.97 Å². The first-order chi connectivity index (χ1) is 5.91. The second-order valence-electron chi connectivity index (χ2n) is 4.65. The van der Waals surface area contributed by atoms with E-state index in [1.165, 1.54) is 13.1 Å². The van der Waals surface area contributed by atoms with Crippen LogP contribution in [-0.2, 0) is 0 Å². The Morgan fingerprint density at radius 1 is 0.857 bits per heavy atom. The Labute approximate surface area is 128 Å². The Bertz CT molecular complexity index is 117. The van der Waals surface area contributed by atoms with Crippen LogP contribution in [0.25, 0.3) is 0 Å². The van der Waals surface area contributed by atoms with E-state index in [1.807, 2.05) is 0 Å². The topological polar surface area (TPSA) is 6.48 Å². The molecule has 0 spiro atoms. The van der Waals surface area contributed by atoms with Crippen LogP contribution in [0, 0.1) is 49.3 Å². The first-order valence-corrected chi connectivity index (χ1v) is 7.97. The molecule has 0 aromatic heterocycles. The summed E-state index contributed by atoms with van der Waals surface area (Å²) in [6, 6.07) is 0. The van der Waals surface area contributed by atoms with E-state index >= 15 is 0 Å². The van der Waals surface area contributed by atoms with Gasteiger partial charge in [0.15, 0.2) is 0 Å². The molecule has 0 aliphatic rings. The molecule has 0 rings (SSSR count). The van der Waals surface area contributed by atoms with E-state index in [0.29, 0.717) is 0 Å². The Morgan fingerprint density at radius 3 is 1.36 bits per heavy atom. The van der Waals surface area contributed by atoms with Crippen LogP contribution >= 0.6 is 0 Å². The van der Waals surface area contributed by atoms with Crippen LogP contribution in [0.4, 0.5) is 0 Å². The van der Waals surface area contributed by atoms with Gasteiger partial charge in [-0.25, -0.2) is 0 Å². The van der Waals surface area contributed by atoms with Crippen LogP contribution in [0.1, 0.15) is 27.7 Å². The minimum absolute atomic E-state index is 0. The van der Waals surface area contributed by atoms with Gasteiger partial charge in [-0.3, -0.25) is 0 Å². The maximum absolute atomic E-state index is 2.58. The fourth-order valence-corrected chi connectivity index (χ4v) is 6.21. The average Bonchev–Trinajstić information content (AvgIpc) is 1.80. The van der Waals surface area contributed by atoms with Gasteiger partial charge in [-0.2, -0.15) is 0 Å². The molecule has 0 fully saturated rings. The predicted octanol–water partition coefficient (Wildman–Crippen LogP) is -0.919. The third kappa shape index (κ3) is 12.1. The van der Waals surface area contributed by atoms with Gasteiger partial charge in [0.25, 0.3) is 0 Å². The SMILES string of the molecule is CC(C)C[N](C)[Nd+][N](C)CC(C)C.[I-]. The van der Waals surface area contributed by atoms with Crippen molar-refractivity contribution in [2.45, 2.75) is 27.7 Å². The summed E-state index contributed by atoms with van der Waals surface area (Å²) in [7, 11) is 4.56. The Kier molecular flexibility index (Phi) is 13.3. The number of rotatable bonds is 6. The number of hydrogen-bond donors (Lipinski definition) is 0. The maximum atomic E-state index is 2.58. The van der Waals surface area contributed by atoms with Crippen molar-refractivity contribution < 1.29 is 61.5 Å². The van der Waals surface area contributed by atoms with Gasteiger partial charge in [-0.05, 0) is 0 Å². The van der Waals surface area contributed by atoms with Crippen molar-refractivity contribution in [2.75, 3.05) is 27.2 Å². The molecule has 85 valence electrons. The summed E-state index contributed by atoms with van der Waals surface area (Å²) in [4.78, 5) is 0. The first kappa shape index (κ1) is 18.4. The molecule has 0 heterocycles. The fourth-order valence-electron chi connectivity index (χ4n) is 1.47. The molecule has 0 atom stereocenters. The van der Waals surface area contributed by atoms with Crippen LogP contribution < -0.4 is 24.0 Å². The fraction of sp³-hybridized carbons (Fsp3) is 1.00. The van der Waals surface area contributed by atoms with Crippen molar-refractivity contribution in [1.29, 1.82) is 0 Å². The zero-order valence-corrected chi connectivity index (χ0v) is 15.7. The van der Waals surface area contributed by atoms with Crippen molar-refractivity contribution in [2.24, 2.45) is 11.8 Å². The number of halogens is 1. The van der Waals surface area contributed by atoms with Crippen molar-refractivity contribution in [3.8, 4) is 0 Å². The molecule has 0 saturated heterocycles. The molecule has 0 aliphatic carbocycles. The smallest absolute Gasteiger partial charge is 1.00 e. The van der Waals surface area contributed by atoms with E-state index in [4.69, 9.17) is 0 Å². The van der Waals surface area contributed by atoms with Crippen LogP contribution in [0.15, 0.2) is 0 Å². The maximum Gasteiger partial charge on any atom is -1.00 e. The molecule has 0 unspecified atom stereocenters. The molecule has 0 aliphatic heterocycles. The zero-order valence-electron chi connectivity index (χ0n) is 10.3. The monoisotopic (exact) mass is 441 g/mol. The third-order valence-electron chi connectivity index (χ3n) is 1.62. The van der Waals surface area contributed by atoms with Gasteiger partial charge >= 0.3 is 106 Å². The van der Waals surface area contributed by atoms with Crippen molar-refractivity contribution in [3.63, 3.8) is 0 Å². The number of hydrogen-bond acceptors (Lipinski definition) is 2. The predicted molar refractivity (Wildman–Crippen MR) is 54.9 cm³/mol. The van der Waals surface area contributed by atoms with Crippen LogP contribution in [0.5, 0.6) is 0 Å². The van der Waals surface area contributed by atoms with Gasteiger partial charge in [0, 0.05) is 0 Å². The summed E-state index contributed by atoms with van der Waals surface area (Å²) in [6.07, 6.45) is 0. The second kappa shape index (κ2) is 10.2. The van der Waals surface area contributed by atoms with Gasteiger partial charge in [-0.15, -0.1) is 0 Å². The van der Waals surface area contributed by atoms with Crippen LogP contribution in [0.3, 0.4) is 0 Å². The first-order valence-electron chi connectivity index (χ1n) is 5.10. The Morgan fingerprint density at radius 2 is 1.14 bits per heavy atom. The average molecular weight is 443 g/mol. The quantitative estimate of drug-likeness (QED) is 0.491. The molecule has 4 heteroatoms. The van der Waals surface area contributed by atoms with Gasteiger partial charge < -0.3 is 24.0 Å². The largest absolute Gasteiger partial charge is 1.00 e. The van der Waals surface area contributed by atoms with Crippen molar-refractivity contribution >= 4 is 0 Å². The van der Waals surface area contributed by atoms with E-state index in [-0.39, 0.29) is 24.0 Å². The molecule has 0 aromatic rings. The van der Waals surface area contributed by atoms with E-state index < -0.39 is 37.5 Å². The molecule has 0 radical (unpaired) electrons. The molecule has 0 bridgehead atoms. The zero-order chi connectivity index (χ0) is 10.4. The molecular formula is C10H24IN2Nd. The summed E-state index contributed by atoms with van der Waals surface area (Å²) >= 11 is -0.654. The molecule has 0 N–H and O–H groups in total. The minimum atomic E-state index is -0.654. The van der Waals surface area contributed by atoms with Gasteiger partial charge in [0.05, 0.1) is 0 Å². The molecular weight excluding hydrogens is 419 g/mol. The summed E-state index contributed by atoms with van der Waals surface area (Å²) in [5, 5.41) is 0. The summed E-state index contributed by atoms with van der Waals surface area (Å²) < 4.78 is 5.15. The third-order valence-corrected chi connectivity index (χ3v) is 4.98. The van der Waals surface area contributed by atoms with E-state index in [1.54, 1.807) is 0 Å². The normalized spacial score (nSPS) is 11.0. The summed E-state index contributed by atoms with van der Waals surface area (Å²) in [6.45, 7) is 11.7. The minimum Gasteiger partial charge on any atom is -1.00 e. The molecule has 0 amide bonds. The van der Waals surface area contributed by atoms with Crippen LogP contribution in [0.2, 0.25) is 0 Å². The Hall–Kier alpha value is 2.00. The second-order valence-corrected chi connectivity index (χ2v) is 10.2. The number of nitrogens with zero attached hydrogens (tertiary/aromatic N) is 2. The van der Waals surface area contributed by atoms with E-state index in [9.17, 15) is 0 Å².